The van der Waals surface area contributed by atoms with Gasteiger partial charge in [0.1, 0.15) is 0 Å². The molecule has 2 heteroatoms. The Balaban J connectivity index is 1.98. The Bertz CT molecular complexity index is 508. The second-order valence-corrected chi connectivity index (χ2v) is 4.84. The van der Waals surface area contributed by atoms with Crippen molar-refractivity contribution in [1.82, 2.24) is 0 Å². The lowest BCUT2D eigenvalue weighted by atomic mass is 9.45. The highest BCUT2D eigenvalue weighted by Gasteiger charge is 2.11. The monoisotopic (exact) mass is 222 g/mol. The highest BCUT2D eigenvalue weighted by atomic mass is 32.1. The van der Waals surface area contributed by atoms with Gasteiger partial charge in [-0.2, -0.15) is 0 Å². The molecule has 3 rings (SSSR count). The second-order valence-electron chi connectivity index (χ2n) is 3.89. The van der Waals surface area contributed by atoms with Gasteiger partial charge < -0.3 is 0 Å². The lowest BCUT2D eigenvalue weighted by molar-refractivity contribution is 1.76. The predicted molar refractivity (Wildman–Crippen MR) is 74.2 cm³/mol. The van der Waals surface area contributed by atoms with Gasteiger partial charge in [-0.1, -0.05) is 47.9 Å². The van der Waals surface area contributed by atoms with Gasteiger partial charge in [-0.3, -0.25) is 0 Å². The van der Waals surface area contributed by atoms with Gasteiger partial charge in [-0.25, -0.2) is 0 Å². The highest BCUT2D eigenvalue weighted by molar-refractivity contribution is 7.11. The minimum absolute atomic E-state index is 0.404. The summed E-state index contributed by atoms with van der Waals surface area (Å²) in [5, 5.41) is 2.14. The molecular formula is C14H11BS. The Kier molecular flexibility index (Phi) is 2.51. The predicted octanol–water partition coefficient (Wildman–Crippen LogP) is 3.27. The number of hydrogen-bond donors (Lipinski definition) is 0. The van der Waals surface area contributed by atoms with Crippen LogP contribution in [0.3, 0.4) is 0 Å². The summed E-state index contributed by atoms with van der Waals surface area (Å²) in [4.78, 5) is 1.36. The second kappa shape index (κ2) is 4.15. The Morgan fingerprint density at radius 3 is 2.56 bits per heavy atom. The summed E-state index contributed by atoms with van der Waals surface area (Å²) < 4.78 is 0. The van der Waals surface area contributed by atoms with Gasteiger partial charge >= 0.3 is 0 Å². The van der Waals surface area contributed by atoms with Crippen LogP contribution in [0, 0.1) is 0 Å². The molecule has 0 saturated carbocycles. The average molecular weight is 222 g/mol. The molecule has 0 nitrogen and oxygen atoms in total. The van der Waals surface area contributed by atoms with E-state index in [1.165, 1.54) is 15.9 Å². The third-order valence-electron chi connectivity index (χ3n) is 2.85. The van der Waals surface area contributed by atoms with Crippen LogP contribution < -0.4 is 5.46 Å². The first kappa shape index (κ1) is 9.67. The SMILES string of the molecule is C1=Cc2ccsc2C=CB1c1ccccc1. The van der Waals surface area contributed by atoms with E-state index < -0.39 is 0 Å². The maximum Gasteiger partial charge on any atom is 0.226 e. The van der Waals surface area contributed by atoms with Gasteiger partial charge in [0.25, 0.3) is 0 Å². The van der Waals surface area contributed by atoms with Crippen molar-refractivity contribution in [2.24, 2.45) is 0 Å². The topological polar surface area (TPSA) is 0 Å². The van der Waals surface area contributed by atoms with Crippen molar-refractivity contribution in [3.8, 4) is 0 Å². The fourth-order valence-electron chi connectivity index (χ4n) is 1.96. The van der Waals surface area contributed by atoms with E-state index in [2.05, 4.69) is 65.9 Å². The minimum Gasteiger partial charge on any atom is -0.144 e. The molecule has 0 unspecified atom stereocenters. The molecule has 1 aliphatic rings. The third kappa shape index (κ3) is 1.77. The number of hydrogen-bond acceptors (Lipinski definition) is 1. The highest BCUT2D eigenvalue weighted by Crippen LogP contribution is 2.22. The first-order valence-electron chi connectivity index (χ1n) is 5.42. The van der Waals surface area contributed by atoms with Crippen molar-refractivity contribution in [3.63, 3.8) is 0 Å². The van der Waals surface area contributed by atoms with Crippen molar-refractivity contribution < 1.29 is 0 Å². The number of thiophene rings is 1. The van der Waals surface area contributed by atoms with Crippen LogP contribution in [0.25, 0.3) is 12.2 Å². The van der Waals surface area contributed by atoms with Gasteiger partial charge in [0.05, 0.1) is 0 Å². The molecule has 0 atom stereocenters. The number of rotatable bonds is 1. The molecule has 16 heavy (non-hydrogen) atoms. The summed E-state index contributed by atoms with van der Waals surface area (Å²) >= 11 is 1.80. The zero-order valence-corrected chi connectivity index (χ0v) is 9.65. The van der Waals surface area contributed by atoms with Crippen LogP contribution in [-0.2, 0) is 0 Å². The maximum absolute atomic E-state index is 2.27. The molecule has 0 spiro atoms. The molecule has 0 fully saturated rings. The Morgan fingerprint density at radius 1 is 0.875 bits per heavy atom. The minimum atomic E-state index is 0.404. The lowest BCUT2D eigenvalue weighted by Crippen LogP contribution is -2.25. The largest absolute Gasteiger partial charge is 0.226 e. The van der Waals surface area contributed by atoms with Crippen LogP contribution in [0.2, 0.25) is 0 Å². The summed E-state index contributed by atoms with van der Waals surface area (Å²) in [6.45, 7) is 0.404. The van der Waals surface area contributed by atoms with Gasteiger partial charge in [-0.15, -0.1) is 23.3 Å². The van der Waals surface area contributed by atoms with Crippen molar-refractivity contribution in [2.75, 3.05) is 0 Å². The summed E-state index contributed by atoms with van der Waals surface area (Å²) in [6.07, 6.45) is 4.46. The van der Waals surface area contributed by atoms with Crippen LogP contribution in [0.15, 0.2) is 53.7 Å². The zero-order valence-electron chi connectivity index (χ0n) is 8.84. The van der Waals surface area contributed by atoms with Crippen molar-refractivity contribution in [2.45, 2.75) is 0 Å². The van der Waals surface area contributed by atoms with Crippen LogP contribution in [0.1, 0.15) is 10.4 Å². The maximum atomic E-state index is 2.27. The van der Waals surface area contributed by atoms with Crippen LogP contribution >= 0.6 is 11.3 Å². The van der Waals surface area contributed by atoms with E-state index in [-0.39, 0.29) is 0 Å². The smallest absolute Gasteiger partial charge is 0.144 e. The summed E-state index contributed by atoms with van der Waals surface area (Å²) in [5.41, 5.74) is 2.69. The number of benzene rings is 1. The van der Waals surface area contributed by atoms with E-state index >= 15 is 0 Å². The fraction of sp³-hybridized carbons (Fsp3) is 0. The van der Waals surface area contributed by atoms with Crippen molar-refractivity contribution >= 4 is 35.7 Å². The summed E-state index contributed by atoms with van der Waals surface area (Å²) in [5.74, 6) is 4.54. The van der Waals surface area contributed by atoms with E-state index in [9.17, 15) is 0 Å². The zero-order chi connectivity index (χ0) is 10.8. The molecule has 0 bridgehead atoms. The average Bonchev–Trinajstić information content (AvgIpc) is 2.70. The normalized spacial score (nSPS) is 13.6. The molecule has 0 N–H and O–H groups in total. The molecule has 1 aromatic heterocycles. The Labute approximate surface area is 100 Å². The summed E-state index contributed by atoms with van der Waals surface area (Å²) in [6, 6.07) is 12.8. The molecule has 0 radical (unpaired) electrons. The standard InChI is InChI=1S/C14H11BS/c1-2-4-13(5-3-1)15-9-6-12-8-11-16-14(12)7-10-15/h1-11H. The molecule has 76 valence electrons. The molecule has 0 amide bonds. The van der Waals surface area contributed by atoms with Crippen LogP contribution in [-0.4, -0.2) is 6.71 Å². The van der Waals surface area contributed by atoms with Gasteiger partial charge in [0.2, 0.25) is 6.71 Å². The molecule has 1 aromatic carbocycles. The molecule has 0 aliphatic carbocycles. The van der Waals surface area contributed by atoms with Gasteiger partial charge in [-0.05, 0) is 17.0 Å². The lowest BCUT2D eigenvalue weighted by Gasteiger charge is -2.02. The Hall–Kier alpha value is -1.54. The molecular weight excluding hydrogens is 211 g/mol. The summed E-state index contributed by atoms with van der Waals surface area (Å²) in [7, 11) is 0. The third-order valence-corrected chi connectivity index (χ3v) is 3.75. The van der Waals surface area contributed by atoms with E-state index in [4.69, 9.17) is 0 Å². The van der Waals surface area contributed by atoms with E-state index in [1.54, 1.807) is 11.3 Å². The van der Waals surface area contributed by atoms with Gasteiger partial charge in [0, 0.05) is 4.88 Å². The molecule has 0 saturated heterocycles. The fourth-order valence-corrected chi connectivity index (χ4v) is 2.75. The van der Waals surface area contributed by atoms with Crippen LogP contribution in [0.4, 0.5) is 0 Å². The van der Waals surface area contributed by atoms with Crippen LogP contribution in [0.5, 0.6) is 0 Å². The molecule has 1 aliphatic heterocycles. The van der Waals surface area contributed by atoms with E-state index in [1.807, 2.05) is 0 Å². The van der Waals surface area contributed by atoms with Gasteiger partial charge in [0.15, 0.2) is 0 Å². The Morgan fingerprint density at radius 2 is 1.69 bits per heavy atom. The molecule has 2 heterocycles. The molecule has 2 aromatic rings. The first-order chi connectivity index (χ1) is 7.93. The first-order valence-corrected chi connectivity index (χ1v) is 6.30. The van der Waals surface area contributed by atoms with E-state index in [0.717, 1.165) is 0 Å². The van der Waals surface area contributed by atoms with Crippen molar-refractivity contribution in [3.05, 3.63) is 64.2 Å². The van der Waals surface area contributed by atoms with Crippen molar-refractivity contribution in [1.29, 1.82) is 0 Å². The number of fused-ring (bicyclic) bond motifs is 1. The van der Waals surface area contributed by atoms with E-state index in [0.29, 0.717) is 6.71 Å². The quantitative estimate of drug-likeness (QED) is 0.649.